The Kier molecular flexibility index (Phi) is 7.18. The van der Waals surface area contributed by atoms with Crippen LogP contribution >= 0.6 is 0 Å². The minimum atomic E-state index is 0.575. The van der Waals surface area contributed by atoms with E-state index in [2.05, 4.69) is 41.4 Å². The molecule has 0 bridgehead atoms. The smallest absolute Gasteiger partial charge is 0.134 e. The molecule has 0 spiro atoms. The molecular weight excluding hydrogens is 240 g/mol. The van der Waals surface area contributed by atoms with Crippen LogP contribution in [-0.4, -0.2) is 36.3 Å². The maximum atomic E-state index is 5.53. The molecule has 0 amide bonds. The Balaban J connectivity index is 2.40. The van der Waals surface area contributed by atoms with Crippen molar-refractivity contribution in [1.82, 2.24) is 9.97 Å². The molecule has 0 aliphatic rings. The van der Waals surface area contributed by atoms with E-state index in [-0.39, 0.29) is 0 Å². The summed E-state index contributed by atoms with van der Waals surface area (Å²) in [5.41, 5.74) is 1.06. The van der Waals surface area contributed by atoms with Crippen LogP contribution in [0, 0.1) is 12.8 Å². The van der Waals surface area contributed by atoms with E-state index in [1.807, 2.05) is 6.92 Å². The van der Waals surface area contributed by atoms with E-state index in [1.54, 1.807) is 6.33 Å². The highest BCUT2D eigenvalue weighted by Gasteiger charge is 2.05. The van der Waals surface area contributed by atoms with Crippen molar-refractivity contribution in [1.29, 1.82) is 0 Å². The molecule has 0 aromatic carbocycles. The van der Waals surface area contributed by atoms with Crippen molar-refractivity contribution in [2.24, 2.45) is 5.92 Å². The fraction of sp³-hybridized carbons (Fsp3) is 0.714. The number of rotatable bonds is 9. The van der Waals surface area contributed by atoms with Crippen LogP contribution in [0.2, 0.25) is 0 Å². The molecule has 0 unspecified atom stereocenters. The van der Waals surface area contributed by atoms with Crippen LogP contribution in [0.4, 0.5) is 11.6 Å². The Hall–Kier alpha value is -1.36. The molecule has 0 aliphatic heterocycles. The summed E-state index contributed by atoms with van der Waals surface area (Å²) in [5, 5.41) is 6.58. The second kappa shape index (κ2) is 8.69. The first-order chi connectivity index (χ1) is 9.15. The summed E-state index contributed by atoms with van der Waals surface area (Å²) >= 11 is 0. The lowest BCUT2D eigenvalue weighted by Gasteiger charge is -2.13. The van der Waals surface area contributed by atoms with E-state index in [9.17, 15) is 0 Å². The van der Waals surface area contributed by atoms with Gasteiger partial charge in [0.15, 0.2) is 0 Å². The lowest BCUT2D eigenvalue weighted by molar-refractivity contribution is 0.118. The maximum absolute atomic E-state index is 5.53. The van der Waals surface area contributed by atoms with Crippen LogP contribution in [-0.2, 0) is 4.74 Å². The Morgan fingerprint density at radius 3 is 2.37 bits per heavy atom. The van der Waals surface area contributed by atoms with E-state index >= 15 is 0 Å². The molecule has 0 aliphatic carbocycles. The number of anilines is 2. The van der Waals surface area contributed by atoms with Gasteiger partial charge in [-0.1, -0.05) is 20.8 Å². The summed E-state index contributed by atoms with van der Waals surface area (Å²) in [4.78, 5) is 8.51. The van der Waals surface area contributed by atoms with Crippen molar-refractivity contribution in [2.45, 2.75) is 34.1 Å². The summed E-state index contributed by atoms with van der Waals surface area (Å²) in [6.07, 6.45) is 2.66. The zero-order valence-corrected chi connectivity index (χ0v) is 12.5. The van der Waals surface area contributed by atoms with Crippen molar-refractivity contribution >= 4 is 11.6 Å². The monoisotopic (exact) mass is 266 g/mol. The van der Waals surface area contributed by atoms with Crippen LogP contribution in [0.3, 0.4) is 0 Å². The summed E-state index contributed by atoms with van der Waals surface area (Å²) in [7, 11) is 0. The zero-order valence-electron chi connectivity index (χ0n) is 12.5. The van der Waals surface area contributed by atoms with Crippen molar-refractivity contribution in [3.8, 4) is 0 Å². The van der Waals surface area contributed by atoms with E-state index < -0.39 is 0 Å². The van der Waals surface area contributed by atoms with E-state index in [0.717, 1.165) is 43.3 Å². The average molecular weight is 266 g/mol. The van der Waals surface area contributed by atoms with Crippen molar-refractivity contribution in [2.75, 3.05) is 36.9 Å². The van der Waals surface area contributed by atoms with Crippen molar-refractivity contribution in [3.63, 3.8) is 0 Å². The SMILES string of the molecule is CCCNc1ncnc(NCCOCC(C)C)c1C. The Bertz CT molecular complexity index is 368. The third kappa shape index (κ3) is 5.87. The number of ether oxygens (including phenoxy) is 1. The first-order valence-corrected chi connectivity index (χ1v) is 7.02. The van der Waals surface area contributed by atoms with Gasteiger partial charge in [0.2, 0.25) is 0 Å². The first-order valence-electron chi connectivity index (χ1n) is 7.02. The third-order valence-corrected chi connectivity index (χ3v) is 2.62. The molecule has 5 heteroatoms. The van der Waals surface area contributed by atoms with Crippen molar-refractivity contribution in [3.05, 3.63) is 11.9 Å². The molecule has 5 nitrogen and oxygen atoms in total. The lowest BCUT2D eigenvalue weighted by atomic mass is 10.2. The maximum Gasteiger partial charge on any atom is 0.134 e. The zero-order chi connectivity index (χ0) is 14.1. The highest BCUT2D eigenvalue weighted by molar-refractivity contribution is 5.56. The second-order valence-corrected chi connectivity index (χ2v) is 5.02. The Morgan fingerprint density at radius 1 is 1.16 bits per heavy atom. The van der Waals surface area contributed by atoms with Gasteiger partial charge in [-0.25, -0.2) is 9.97 Å². The predicted molar refractivity (Wildman–Crippen MR) is 79.7 cm³/mol. The average Bonchev–Trinajstić information content (AvgIpc) is 2.38. The fourth-order valence-electron chi connectivity index (χ4n) is 1.61. The molecular formula is C14H26N4O. The van der Waals surface area contributed by atoms with Gasteiger partial charge in [0, 0.05) is 25.3 Å². The van der Waals surface area contributed by atoms with Gasteiger partial charge in [-0.2, -0.15) is 0 Å². The molecule has 0 saturated heterocycles. The minimum Gasteiger partial charge on any atom is -0.379 e. The number of hydrogen-bond acceptors (Lipinski definition) is 5. The first kappa shape index (κ1) is 15.7. The van der Waals surface area contributed by atoms with Gasteiger partial charge in [0.1, 0.15) is 18.0 Å². The molecule has 0 atom stereocenters. The molecule has 0 saturated carbocycles. The van der Waals surface area contributed by atoms with Crippen molar-refractivity contribution < 1.29 is 4.74 Å². The van der Waals surface area contributed by atoms with Gasteiger partial charge in [-0.3, -0.25) is 0 Å². The minimum absolute atomic E-state index is 0.575. The fourth-order valence-corrected chi connectivity index (χ4v) is 1.61. The van der Waals surface area contributed by atoms with Crippen LogP contribution in [0.1, 0.15) is 32.8 Å². The number of nitrogens with one attached hydrogen (secondary N) is 2. The van der Waals surface area contributed by atoms with E-state index in [1.165, 1.54) is 0 Å². The topological polar surface area (TPSA) is 59.1 Å². The molecule has 19 heavy (non-hydrogen) atoms. The van der Waals surface area contributed by atoms with Gasteiger partial charge in [0.25, 0.3) is 0 Å². The number of nitrogens with zero attached hydrogens (tertiary/aromatic N) is 2. The molecule has 2 N–H and O–H groups in total. The van der Waals surface area contributed by atoms with Crippen LogP contribution in [0.5, 0.6) is 0 Å². The molecule has 1 heterocycles. The molecule has 0 fully saturated rings. The summed E-state index contributed by atoms with van der Waals surface area (Å²) < 4.78 is 5.53. The number of hydrogen-bond donors (Lipinski definition) is 2. The van der Waals surface area contributed by atoms with Crippen LogP contribution in [0.15, 0.2) is 6.33 Å². The molecule has 0 radical (unpaired) electrons. The van der Waals surface area contributed by atoms with Gasteiger partial charge < -0.3 is 15.4 Å². The van der Waals surface area contributed by atoms with Gasteiger partial charge >= 0.3 is 0 Å². The summed E-state index contributed by atoms with van der Waals surface area (Å²) in [6, 6.07) is 0. The second-order valence-electron chi connectivity index (χ2n) is 5.02. The summed E-state index contributed by atoms with van der Waals surface area (Å²) in [6.45, 7) is 11.6. The predicted octanol–water partition coefficient (Wildman–Crippen LogP) is 2.69. The van der Waals surface area contributed by atoms with Gasteiger partial charge in [-0.15, -0.1) is 0 Å². The largest absolute Gasteiger partial charge is 0.379 e. The number of aromatic nitrogens is 2. The van der Waals surface area contributed by atoms with E-state index in [4.69, 9.17) is 4.74 Å². The van der Waals surface area contributed by atoms with Gasteiger partial charge in [0.05, 0.1) is 6.61 Å². The van der Waals surface area contributed by atoms with Crippen LogP contribution < -0.4 is 10.6 Å². The normalized spacial score (nSPS) is 10.8. The lowest BCUT2D eigenvalue weighted by Crippen LogP contribution is -2.14. The van der Waals surface area contributed by atoms with E-state index in [0.29, 0.717) is 12.5 Å². The summed E-state index contributed by atoms with van der Waals surface area (Å²) in [5.74, 6) is 2.36. The highest BCUT2D eigenvalue weighted by Crippen LogP contribution is 2.17. The van der Waals surface area contributed by atoms with Crippen LogP contribution in [0.25, 0.3) is 0 Å². The standard InChI is InChI=1S/C14H26N4O/c1-5-6-15-13-12(4)14(18-10-17-13)16-7-8-19-9-11(2)3/h10-11H,5-9H2,1-4H3,(H2,15,16,17,18). The molecule has 1 aromatic rings. The third-order valence-electron chi connectivity index (χ3n) is 2.62. The Labute approximate surface area is 116 Å². The quantitative estimate of drug-likeness (QED) is 0.673. The molecule has 1 rings (SSSR count). The molecule has 1 aromatic heterocycles. The Morgan fingerprint density at radius 2 is 1.79 bits per heavy atom. The highest BCUT2D eigenvalue weighted by atomic mass is 16.5. The van der Waals surface area contributed by atoms with Gasteiger partial charge in [-0.05, 0) is 19.3 Å². The molecule has 108 valence electrons.